The molecular formula is C8H15BrN4O3S. The van der Waals surface area contributed by atoms with Crippen LogP contribution < -0.4 is 4.72 Å². The molecule has 1 heterocycles. The molecule has 0 aliphatic heterocycles. The fourth-order valence-electron chi connectivity index (χ4n) is 1.05. The molecule has 2 N–H and O–H groups in total. The van der Waals surface area contributed by atoms with E-state index in [0.29, 0.717) is 6.42 Å². The Kier molecular flexibility index (Phi) is 4.28. The second-order valence-corrected chi connectivity index (χ2v) is 6.42. The highest BCUT2D eigenvalue weighted by molar-refractivity contribution is 9.10. The molecular weight excluding hydrogens is 312 g/mol. The Labute approximate surface area is 108 Å². The van der Waals surface area contributed by atoms with E-state index in [1.54, 1.807) is 13.8 Å². The Morgan fingerprint density at radius 3 is 2.59 bits per heavy atom. The van der Waals surface area contributed by atoms with Crippen LogP contribution in [0.1, 0.15) is 20.3 Å². The molecule has 17 heavy (non-hydrogen) atoms. The second kappa shape index (κ2) is 5.01. The van der Waals surface area contributed by atoms with Crippen LogP contribution in [0.5, 0.6) is 0 Å². The summed E-state index contributed by atoms with van der Waals surface area (Å²) in [4.78, 5) is 0. The van der Waals surface area contributed by atoms with Crippen LogP contribution in [0.15, 0.2) is 9.63 Å². The molecule has 7 nitrogen and oxygen atoms in total. The molecule has 0 aliphatic carbocycles. The van der Waals surface area contributed by atoms with Crippen LogP contribution in [-0.4, -0.2) is 40.7 Å². The molecule has 0 spiro atoms. The van der Waals surface area contributed by atoms with Crippen molar-refractivity contribution in [2.75, 3.05) is 6.54 Å². The van der Waals surface area contributed by atoms with Crippen LogP contribution in [0.3, 0.4) is 0 Å². The number of hydrogen-bond acceptors (Lipinski definition) is 5. The number of nitrogens with zero attached hydrogens (tertiary/aromatic N) is 3. The third-order valence-corrected chi connectivity index (χ3v) is 4.68. The number of aromatic nitrogens is 3. The Hall–Kier alpha value is -0.510. The van der Waals surface area contributed by atoms with Gasteiger partial charge in [-0.05, 0) is 29.3 Å². The Morgan fingerprint density at radius 2 is 2.18 bits per heavy atom. The summed E-state index contributed by atoms with van der Waals surface area (Å²) < 4.78 is 27.5. The highest BCUT2D eigenvalue weighted by Crippen LogP contribution is 2.18. The highest BCUT2D eigenvalue weighted by atomic mass is 79.9. The molecule has 1 aromatic rings. The molecule has 0 saturated heterocycles. The zero-order valence-electron chi connectivity index (χ0n) is 9.81. The zero-order chi connectivity index (χ0) is 13.3. The summed E-state index contributed by atoms with van der Waals surface area (Å²) >= 11 is 3.01. The van der Waals surface area contributed by atoms with Gasteiger partial charge in [0.05, 0.1) is 5.60 Å². The summed E-state index contributed by atoms with van der Waals surface area (Å²) in [6, 6.07) is 0. The number of nitrogens with one attached hydrogen (secondary N) is 1. The van der Waals surface area contributed by atoms with Crippen molar-refractivity contribution in [1.29, 1.82) is 0 Å². The average Bonchev–Trinajstić information content (AvgIpc) is 2.57. The second-order valence-electron chi connectivity index (χ2n) is 3.98. The van der Waals surface area contributed by atoms with Crippen LogP contribution in [0.2, 0.25) is 0 Å². The molecule has 0 amide bonds. The highest BCUT2D eigenvalue weighted by Gasteiger charge is 2.27. The fourth-order valence-corrected chi connectivity index (χ4v) is 3.30. The molecule has 1 aromatic heterocycles. The number of aliphatic hydroxyl groups is 1. The van der Waals surface area contributed by atoms with Crippen molar-refractivity contribution in [1.82, 2.24) is 19.7 Å². The maximum absolute atomic E-state index is 11.9. The molecule has 0 aromatic carbocycles. The number of aryl methyl sites for hydroxylation is 1. The Bertz CT molecular complexity index is 477. The van der Waals surface area contributed by atoms with Gasteiger partial charge in [-0.2, -0.15) is 0 Å². The largest absolute Gasteiger partial charge is 0.389 e. The number of hydrogen-bond donors (Lipinski definition) is 2. The monoisotopic (exact) mass is 326 g/mol. The maximum atomic E-state index is 11.9. The first kappa shape index (κ1) is 14.6. The van der Waals surface area contributed by atoms with Gasteiger partial charge in [0.15, 0.2) is 4.60 Å². The molecule has 1 rings (SSSR count). The van der Waals surface area contributed by atoms with Crippen LogP contribution >= 0.6 is 15.9 Å². The van der Waals surface area contributed by atoms with Gasteiger partial charge in [0.1, 0.15) is 0 Å². The quantitative estimate of drug-likeness (QED) is 0.794. The summed E-state index contributed by atoms with van der Waals surface area (Å²) in [5, 5.41) is 16.9. The van der Waals surface area contributed by atoms with E-state index in [9.17, 15) is 13.5 Å². The van der Waals surface area contributed by atoms with Gasteiger partial charge >= 0.3 is 0 Å². The summed E-state index contributed by atoms with van der Waals surface area (Å²) in [7, 11) is -2.26. The van der Waals surface area contributed by atoms with Crippen LogP contribution in [0.4, 0.5) is 0 Å². The first-order valence-corrected chi connectivity index (χ1v) is 7.24. The van der Waals surface area contributed by atoms with E-state index in [0.717, 1.165) is 4.68 Å². The van der Waals surface area contributed by atoms with Crippen molar-refractivity contribution < 1.29 is 13.5 Å². The minimum absolute atomic E-state index is 0.0654. The fraction of sp³-hybridized carbons (Fsp3) is 0.750. The van der Waals surface area contributed by atoms with Gasteiger partial charge in [0, 0.05) is 13.6 Å². The van der Waals surface area contributed by atoms with E-state index in [1.165, 1.54) is 7.05 Å². The van der Waals surface area contributed by atoms with E-state index in [-0.39, 0.29) is 16.2 Å². The third-order valence-electron chi connectivity index (χ3n) is 2.40. The van der Waals surface area contributed by atoms with E-state index < -0.39 is 15.6 Å². The molecule has 0 saturated carbocycles. The summed E-state index contributed by atoms with van der Waals surface area (Å²) in [5.74, 6) is 0. The molecule has 0 radical (unpaired) electrons. The minimum atomic E-state index is -3.74. The standard InChI is InChI=1S/C8H15BrN4O3S/c1-4-8(2,14)5-10-17(15,16)7-6(9)11-12-13(7)3/h10,14H,4-5H2,1-3H3. The van der Waals surface area contributed by atoms with Crippen molar-refractivity contribution in [2.45, 2.75) is 30.9 Å². The molecule has 0 bridgehead atoms. The van der Waals surface area contributed by atoms with Crippen molar-refractivity contribution in [3.05, 3.63) is 4.60 Å². The van der Waals surface area contributed by atoms with Crippen molar-refractivity contribution >= 4 is 26.0 Å². The summed E-state index contributed by atoms with van der Waals surface area (Å²) in [5.41, 5.74) is -1.08. The van der Waals surface area contributed by atoms with Gasteiger partial charge < -0.3 is 5.11 Å². The molecule has 98 valence electrons. The molecule has 1 unspecified atom stereocenters. The predicted octanol–water partition coefficient (Wildman–Crippen LogP) is 0.0169. The lowest BCUT2D eigenvalue weighted by Gasteiger charge is -2.21. The van der Waals surface area contributed by atoms with Gasteiger partial charge in [0.25, 0.3) is 10.0 Å². The van der Waals surface area contributed by atoms with E-state index >= 15 is 0 Å². The molecule has 0 fully saturated rings. The Balaban J connectivity index is 2.91. The number of halogens is 1. The lowest BCUT2D eigenvalue weighted by molar-refractivity contribution is 0.0613. The average molecular weight is 327 g/mol. The molecule has 0 aliphatic rings. The first-order chi connectivity index (χ1) is 7.69. The normalized spacial score (nSPS) is 15.8. The summed E-state index contributed by atoms with van der Waals surface area (Å²) in [6.07, 6.45) is 0.445. The Morgan fingerprint density at radius 1 is 1.59 bits per heavy atom. The van der Waals surface area contributed by atoms with Crippen LogP contribution in [-0.2, 0) is 17.1 Å². The molecule has 9 heteroatoms. The van der Waals surface area contributed by atoms with Crippen LogP contribution in [0, 0.1) is 0 Å². The zero-order valence-corrected chi connectivity index (χ0v) is 12.2. The van der Waals surface area contributed by atoms with Crippen molar-refractivity contribution in [3.8, 4) is 0 Å². The van der Waals surface area contributed by atoms with E-state index in [1.807, 2.05) is 0 Å². The van der Waals surface area contributed by atoms with E-state index in [4.69, 9.17) is 0 Å². The topological polar surface area (TPSA) is 97.1 Å². The summed E-state index contributed by atoms with van der Waals surface area (Å²) in [6.45, 7) is 3.27. The molecule has 1 atom stereocenters. The van der Waals surface area contributed by atoms with Gasteiger partial charge in [-0.3, -0.25) is 0 Å². The van der Waals surface area contributed by atoms with Gasteiger partial charge in [0.2, 0.25) is 5.03 Å². The first-order valence-electron chi connectivity index (χ1n) is 4.97. The lowest BCUT2D eigenvalue weighted by atomic mass is 10.1. The van der Waals surface area contributed by atoms with Gasteiger partial charge in [-0.15, -0.1) is 5.10 Å². The van der Waals surface area contributed by atoms with Gasteiger partial charge in [-0.1, -0.05) is 12.1 Å². The maximum Gasteiger partial charge on any atom is 0.260 e. The van der Waals surface area contributed by atoms with E-state index in [2.05, 4.69) is 31.0 Å². The van der Waals surface area contributed by atoms with Crippen molar-refractivity contribution in [2.24, 2.45) is 7.05 Å². The number of sulfonamides is 1. The SMILES string of the molecule is CCC(C)(O)CNS(=O)(=O)c1c(Br)nnn1C. The predicted molar refractivity (Wildman–Crippen MR) is 64.8 cm³/mol. The smallest absolute Gasteiger partial charge is 0.260 e. The lowest BCUT2D eigenvalue weighted by Crippen LogP contribution is -2.40. The van der Waals surface area contributed by atoms with Crippen LogP contribution in [0.25, 0.3) is 0 Å². The van der Waals surface area contributed by atoms with Crippen molar-refractivity contribution in [3.63, 3.8) is 0 Å². The minimum Gasteiger partial charge on any atom is -0.389 e. The number of rotatable bonds is 5. The third kappa shape index (κ3) is 3.47. The van der Waals surface area contributed by atoms with Gasteiger partial charge in [-0.25, -0.2) is 17.8 Å².